The summed E-state index contributed by atoms with van der Waals surface area (Å²) in [4.78, 5) is 2.70. The van der Waals surface area contributed by atoms with Crippen LogP contribution in [0.25, 0.3) is 0 Å². The van der Waals surface area contributed by atoms with Gasteiger partial charge in [-0.25, -0.2) is 0 Å². The molecule has 0 spiro atoms. The molecule has 0 radical (unpaired) electrons. The SMILES string of the molecule is CCCNCCCCN1CCCCCC1C. The zero-order valence-corrected chi connectivity index (χ0v) is 11.3. The van der Waals surface area contributed by atoms with Gasteiger partial charge < -0.3 is 10.2 Å². The number of hydrogen-bond acceptors (Lipinski definition) is 2. The monoisotopic (exact) mass is 226 g/mol. The van der Waals surface area contributed by atoms with Crippen LogP contribution in [0.2, 0.25) is 0 Å². The maximum absolute atomic E-state index is 3.48. The number of nitrogens with one attached hydrogen (secondary N) is 1. The Hall–Kier alpha value is -0.0800. The Balaban J connectivity index is 2.01. The lowest BCUT2D eigenvalue weighted by Crippen LogP contribution is -2.33. The van der Waals surface area contributed by atoms with Gasteiger partial charge in [-0.1, -0.05) is 19.8 Å². The van der Waals surface area contributed by atoms with Crippen molar-refractivity contribution in [2.24, 2.45) is 0 Å². The summed E-state index contributed by atoms with van der Waals surface area (Å²) >= 11 is 0. The van der Waals surface area contributed by atoms with Crippen LogP contribution in [0.15, 0.2) is 0 Å². The molecule has 1 aliphatic heterocycles. The van der Waals surface area contributed by atoms with Crippen molar-refractivity contribution < 1.29 is 0 Å². The molecule has 0 saturated carbocycles. The molecule has 16 heavy (non-hydrogen) atoms. The molecule has 1 heterocycles. The number of hydrogen-bond donors (Lipinski definition) is 1. The Morgan fingerprint density at radius 1 is 1.12 bits per heavy atom. The zero-order valence-electron chi connectivity index (χ0n) is 11.3. The lowest BCUT2D eigenvalue weighted by atomic mass is 10.1. The quantitative estimate of drug-likeness (QED) is 0.671. The van der Waals surface area contributed by atoms with E-state index in [-0.39, 0.29) is 0 Å². The van der Waals surface area contributed by atoms with E-state index in [9.17, 15) is 0 Å². The second-order valence-electron chi connectivity index (χ2n) is 5.19. The van der Waals surface area contributed by atoms with Crippen LogP contribution in [0.1, 0.15) is 58.8 Å². The minimum atomic E-state index is 0.825. The van der Waals surface area contributed by atoms with Crippen molar-refractivity contribution in [3.63, 3.8) is 0 Å². The molecule has 0 aromatic carbocycles. The van der Waals surface area contributed by atoms with E-state index in [4.69, 9.17) is 0 Å². The number of rotatable bonds is 7. The molecule has 96 valence electrons. The maximum atomic E-state index is 3.48. The Morgan fingerprint density at radius 3 is 2.81 bits per heavy atom. The van der Waals surface area contributed by atoms with Gasteiger partial charge >= 0.3 is 0 Å². The van der Waals surface area contributed by atoms with Crippen LogP contribution in [-0.4, -0.2) is 37.1 Å². The molecule has 1 atom stereocenters. The van der Waals surface area contributed by atoms with E-state index in [0.717, 1.165) is 6.04 Å². The first kappa shape index (κ1) is 14.0. The van der Waals surface area contributed by atoms with Crippen LogP contribution in [0, 0.1) is 0 Å². The third-order valence-corrected chi connectivity index (χ3v) is 3.67. The van der Waals surface area contributed by atoms with Crippen LogP contribution in [0.3, 0.4) is 0 Å². The van der Waals surface area contributed by atoms with Gasteiger partial charge in [-0.05, 0) is 65.2 Å². The van der Waals surface area contributed by atoms with Gasteiger partial charge in [0, 0.05) is 6.04 Å². The topological polar surface area (TPSA) is 15.3 Å². The van der Waals surface area contributed by atoms with Gasteiger partial charge in [0.25, 0.3) is 0 Å². The van der Waals surface area contributed by atoms with Crippen LogP contribution in [0.4, 0.5) is 0 Å². The lowest BCUT2D eigenvalue weighted by molar-refractivity contribution is 0.209. The van der Waals surface area contributed by atoms with Crippen LogP contribution >= 0.6 is 0 Å². The highest BCUT2D eigenvalue weighted by molar-refractivity contribution is 4.71. The lowest BCUT2D eigenvalue weighted by Gasteiger charge is -2.26. The Kier molecular flexibility index (Phi) is 7.87. The van der Waals surface area contributed by atoms with Crippen molar-refractivity contribution >= 4 is 0 Å². The third-order valence-electron chi connectivity index (χ3n) is 3.67. The summed E-state index contributed by atoms with van der Waals surface area (Å²) in [7, 11) is 0. The fourth-order valence-corrected chi connectivity index (χ4v) is 2.53. The molecule has 1 saturated heterocycles. The van der Waals surface area contributed by atoms with Crippen molar-refractivity contribution in [1.29, 1.82) is 0 Å². The smallest absolute Gasteiger partial charge is 0.00669 e. The van der Waals surface area contributed by atoms with Gasteiger partial charge in [0.1, 0.15) is 0 Å². The molecule has 2 nitrogen and oxygen atoms in total. The van der Waals surface area contributed by atoms with E-state index in [2.05, 4.69) is 24.1 Å². The summed E-state index contributed by atoms with van der Waals surface area (Å²) in [5, 5.41) is 3.48. The molecule has 0 aliphatic carbocycles. The van der Waals surface area contributed by atoms with Crippen molar-refractivity contribution in [3.05, 3.63) is 0 Å². The van der Waals surface area contributed by atoms with Crippen molar-refractivity contribution in [2.75, 3.05) is 26.2 Å². The van der Waals surface area contributed by atoms with Gasteiger partial charge in [-0.3, -0.25) is 0 Å². The van der Waals surface area contributed by atoms with Crippen molar-refractivity contribution in [3.8, 4) is 0 Å². The van der Waals surface area contributed by atoms with Gasteiger partial charge in [0.05, 0.1) is 0 Å². The van der Waals surface area contributed by atoms with Crippen LogP contribution < -0.4 is 5.32 Å². The molecule has 1 aliphatic rings. The third kappa shape index (κ3) is 5.86. The zero-order chi connectivity index (χ0) is 11.6. The molecule has 1 unspecified atom stereocenters. The highest BCUT2D eigenvalue weighted by Crippen LogP contribution is 2.16. The van der Waals surface area contributed by atoms with Crippen molar-refractivity contribution in [2.45, 2.75) is 64.8 Å². The maximum Gasteiger partial charge on any atom is 0.00669 e. The number of likely N-dealkylation sites (tertiary alicyclic amines) is 1. The van der Waals surface area contributed by atoms with Gasteiger partial charge in [0.15, 0.2) is 0 Å². The molecule has 0 aromatic rings. The molecule has 2 heteroatoms. The van der Waals surface area contributed by atoms with E-state index < -0.39 is 0 Å². The van der Waals surface area contributed by atoms with E-state index in [1.165, 1.54) is 71.1 Å². The molecule has 0 aromatic heterocycles. The normalized spacial score (nSPS) is 23.2. The average Bonchev–Trinajstić information content (AvgIpc) is 2.49. The average molecular weight is 226 g/mol. The molecule has 1 rings (SSSR count). The summed E-state index contributed by atoms with van der Waals surface area (Å²) < 4.78 is 0. The summed E-state index contributed by atoms with van der Waals surface area (Å²) in [6.07, 6.45) is 9.66. The van der Waals surface area contributed by atoms with Crippen LogP contribution in [0.5, 0.6) is 0 Å². The van der Waals surface area contributed by atoms with Gasteiger partial charge in [-0.2, -0.15) is 0 Å². The number of unbranched alkanes of at least 4 members (excludes halogenated alkanes) is 1. The molecular weight excluding hydrogens is 196 g/mol. The van der Waals surface area contributed by atoms with E-state index in [1.807, 2.05) is 0 Å². The largest absolute Gasteiger partial charge is 0.317 e. The Labute approximate surface area is 102 Å². The summed E-state index contributed by atoms with van der Waals surface area (Å²) in [5.41, 5.74) is 0. The first-order valence-corrected chi connectivity index (χ1v) is 7.29. The minimum Gasteiger partial charge on any atom is -0.317 e. The highest BCUT2D eigenvalue weighted by Gasteiger charge is 2.15. The summed E-state index contributed by atoms with van der Waals surface area (Å²) in [5.74, 6) is 0. The first-order chi connectivity index (χ1) is 7.84. The molecule has 1 fully saturated rings. The Morgan fingerprint density at radius 2 is 2.00 bits per heavy atom. The molecule has 0 bridgehead atoms. The highest BCUT2D eigenvalue weighted by atomic mass is 15.1. The second-order valence-corrected chi connectivity index (χ2v) is 5.19. The van der Waals surface area contributed by atoms with E-state index in [1.54, 1.807) is 0 Å². The van der Waals surface area contributed by atoms with Crippen LogP contribution in [-0.2, 0) is 0 Å². The molecule has 0 amide bonds. The van der Waals surface area contributed by atoms with E-state index in [0.29, 0.717) is 0 Å². The fourth-order valence-electron chi connectivity index (χ4n) is 2.53. The number of nitrogens with zero attached hydrogens (tertiary/aromatic N) is 1. The summed E-state index contributed by atoms with van der Waals surface area (Å²) in [6.45, 7) is 9.67. The molecule has 1 N–H and O–H groups in total. The van der Waals surface area contributed by atoms with Crippen molar-refractivity contribution in [1.82, 2.24) is 10.2 Å². The predicted molar refractivity (Wildman–Crippen MR) is 71.9 cm³/mol. The van der Waals surface area contributed by atoms with Gasteiger partial charge in [-0.15, -0.1) is 0 Å². The predicted octanol–water partition coefficient (Wildman–Crippen LogP) is 3.03. The van der Waals surface area contributed by atoms with Gasteiger partial charge in [0.2, 0.25) is 0 Å². The van der Waals surface area contributed by atoms with E-state index >= 15 is 0 Å². The Bertz CT molecular complexity index is 159. The first-order valence-electron chi connectivity index (χ1n) is 7.29. The summed E-state index contributed by atoms with van der Waals surface area (Å²) in [6, 6.07) is 0.825. The minimum absolute atomic E-state index is 0.825. The standard InChI is InChI=1S/C14H30N2/c1-3-10-15-11-6-8-13-16-12-7-4-5-9-14(16)2/h14-15H,3-13H2,1-2H3. The molecular formula is C14H30N2. The fraction of sp³-hybridized carbons (Fsp3) is 1.00. The second kappa shape index (κ2) is 9.00.